The van der Waals surface area contributed by atoms with Gasteiger partial charge >= 0.3 is 0 Å². The Bertz CT molecular complexity index is 497. The molecule has 0 heterocycles. The predicted molar refractivity (Wildman–Crippen MR) is 77.1 cm³/mol. The molecule has 1 aromatic carbocycles. The maximum Gasteiger partial charge on any atom is 0.179 e. The Morgan fingerprint density at radius 2 is 2.30 bits per heavy atom. The van der Waals surface area contributed by atoms with Crippen molar-refractivity contribution in [2.75, 3.05) is 20.7 Å². The van der Waals surface area contributed by atoms with Crippen molar-refractivity contribution in [3.8, 4) is 11.9 Å². The van der Waals surface area contributed by atoms with Gasteiger partial charge in [-0.3, -0.25) is 0 Å². The van der Waals surface area contributed by atoms with Crippen molar-refractivity contribution in [3.63, 3.8) is 0 Å². The molecule has 4 heteroatoms. The molecule has 1 aromatic rings. The van der Waals surface area contributed by atoms with Gasteiger partial charge in [-0.2, -0.15) is 5.26 Å². The summed E-state index contributed by atoms with van der Waals surface area (Å²) in [5, 5.41) is 20.1. The smallest absolute Gasteiger partial charge is 0.179 e. The highest BCUT2D eigenvalue weighted by atomic mass is 16.5. The lowest BCUT2D eigenvalue weighted by Crippen LogP contribution is -2.42. The second kappa shape index (κ2) is 6.15. The lowest BCUT2D eigenvalue weighted by Gasteiger charge is -2.41. The molecule has 108 valence electrons. The van der Waals surface area contributed by atoms with E-state index in [0.29, 0.717) is 6.54 Å². The summed E-state index contributed by atoms with van der Waals surface area (Å²) in [6.07, 6.45) is 5.93. The Morgan fingerprint density at radius 1 is 1.50 bits per heavy atom. The third-order valence-corrected chi connectivity index (χ3v) is 4.27. The van der Waals surface area contributed by atoms with E-state index in [1.54, 1.807) is 19.1 Å². The fourth-order valence-corrected chi connectivity index (χ4v) is 3.11. The molecule has 2 rings (SSSR count). The molecule has 1 aliphatic carbocycles. The van der Waals surface area contributed by atoms with Gasteiger partial charge in [0, 0.05) is 19.5 Å². The van der Waals surface area contributed by atoms with E-state index in [-0.39, 0.29) is 5.92 Å². The molecular formula is C16H22N2O2. The van der Waals surface area contributed by atoms with Crippen LogP contribution in [0.4, 0.5) is 0 Å². The Morgan fingerprint density at radius 3 is 3.00 bits per heavy atom. The van der Waals surface area contributed by atoms with E-state index in [1.807, 2.05) is 24.3 Å². The van der Waals surface area contributed by atoms with Crippen molar-refractivity contribution in [2.24, 2.45) is 5.92 Å². The summed E-state index contributed by atoms with van der Waals surface area (Å²) in [5.74, 6) is 0.835. The SMILES string of the molecule is COc1cccc(C2(O)CCCCC2CN(C)C#N)c1. The van der Waals surface area contributed by atoms with E-state index in [1.165, 1.54) is 0 Å². The minimum Gasteiger partial charge on any atom is -0.497 e. The number of ether oxygens (including phenoxy) is 1. The van der Waals surface area contributed by atoms with Crippen molar-refractivity contribution in [3.05, 3.63) is 29.8 Å². The molecule has 1 saturated carbocycles. The van der Waals surface area contributed by atoms with E-state index < -0.39 is 5.60 Å². The second-order valence-corrected chi connectivity index (χ2v) is 5.58. The summed E-state index contributed by atoms with van der Waals surface area (Å²) in [6.45, 7) is 0.588. The number of aliphatic hydroxyl groups is 1. The van der Waals surface area contributed by atoms with Gasteiger partial charge in [0.15, 0.2) is 6.19 Å². The third kappa shape index (κ3) is 2.88. The molecule has 0 aromatic heterocycles. The van der Waals surface area contributed by atoms with Crippen molar-refractivity contribution in [2.45, 2.75) is 31.3 Å². The Balaban J connectivity index is 2.29. The quantitative estimate of drug-likeness (QED) is 0.677. The highest BCUT2D eigenvalue weighted by Gasteiger charge is 2.40. The highest BCUT2D eigenvalue weighted by Crippen LogP contribution is 2.42. The Kier molecular flexibility index (Phi) is 4.51. The number of nitriles is 1. The van der Waals surface area contributed by atoms with Crippen LogP contribution in [0, 0.1) is 17.4 Å². The van der Waals surface area contributed by atoms with Gasteiger partial charge in [0.2, 0.25) is 0 Å². The molecule has 0 saturated heterocycles. The molecule has 2 atom stereocenters. The Hall–Kier alpha value is -1.73. The topological polar surface area (TPSA) is 56.5 Å². The molecule has 0 spiro atoms. The molecule has 1 aliphatic rings. The molecule has 0 aliphatic heterocycles. The van der Waals surface area contributed by atoms with Crippen LogP contribution in [0.15, 0.2) is 24.3 Å². The number of hydrogen-bond acceptors (Lipinski definition) is 4. The van der Waals surface area contributed by atoms with Crippen LogP contribution in [0.2, 0.25) is 0 Å². The molecule has 1 fully saturated rings. The second-order valence-electron chi connectivity index (χ2n) is 5.58. The van der Waals surface area contributed by atoms with Crippen LogP contribution in [0.5, 0.6) is 5.75 Å². The average Bonchev–Trinajstić information content (AvgIpc) is 2.49. The van der Waals surface area contributed by atoms with Gasteiger partial charge in [-0.1, -0.05) is 25.0 Å². The summed E-state index contributed by atoms with van der Waals surface area (Å²) in [5.41, 5.74) is 0.0330. The first kappa shape index (κ1) is 14.7. The van der Waals surface area contributed by atoms with E-state index in [0.717, 1.165) is 37.0 Å². The number of methoxy groups -OCH3 is 1. The minimum absolute atomic E-state index is 0.0769. The van der Waals surface area contributed by atoms with Gasteiger partial charge in [-0.15, -0.1) is 0 Å². The van der Waals surface area contributed by atoms with Crippen LogP contribution in [0.25, 0.3) is 0 Å². The van der Waals surface area contributed by atoms with Crippen LogP contribution in [-0.4, -0.2) is 30.7 Å². The third-order valence-electron chi connectivity index (χ3n) is 4.27. The van der Waals surface area contributed by atoms with Crippen molar-refractivity contribution in [1.82, 2.24) is 4.90 Å². The van der Waals surface area contributed by atoms with E-state index >= 15 is 0 Å². The van der Waals surface area contributed by atoms with Gasteiger partial charge < -0.3 is 14.7 Å². The molecule has 20 heavy (non-hydrogen) atoms. The summed E-state index contributed by atoms with van der Waals surface area (Å²) < 4.78 is 5.25. The van der Waals surface area contributed by atoms with E-state index in [9.17, 15) is 5.11 Å². The zero-order chi connectivity index (χ0) is 14.6. The summed E-state index contributed by atoms with van der Waals surface area (Å²) in [7, 11) is 3.39. The van der Waals surface area contributed by atoms with Crippen LogP contribution in [-0.2, 0) is 5.60 Å². The largest absolute Gasteiger partial charge is 0.497 e. The van der Waals surface area contributed by atoms with Gasteiger partial charge in [-0.05, 0) is 30.5 Å². The van der Waals surface area contributed by atoms with Crippen LogP contribution in [0.1, 0.15) is 31.2 Å². The maximum atomic E-state index is 11.2. The highest BCUT2D eigenvalue weighted by molar-refractivity contribution is 5.33. The summed E-state index contributed by atoms with van der Waals surface area (Å²) in [4.78, 5) is 1.60. The maximum absolute atomic E-state index is 11.2. The lowest BCUT2D eigenvalue weighted by atomic mass is 9.71. The lowest BCUT2D eigenvalue weighted by molar-refractivity contribution is -0.0600. The fraction of sp³-hybridized carbons (Fsp3) is 0.562. The number of hydrogen-bond donors (Lipinski definition) is 1. The predicted octanol–water partition coefficient (Wildman–Crippen LogP) is 2.49. The molecule has 0 radical (unpaired) electrons. The molecular weight excluding hydrogens is 252 g/mol. The number of rotatable bonds is 4. The zero-order valence-corrected chi connectivity index (χ0v) is 12.2. The molecule has 0 bridgehead atoms. The van der Waals surface area contributed by atoms with Gasteiger partial charge in [0.25, 0.3) is 0 Å². The number of nitrogens with zero attached hydrogens (tertiary/aromatic N) is 2. The first-order valence-electron chi connectivity index (χ1n) is 7.08. The number of benzene rings is 1. The zero-order valence-electron chi connectivity index (χ0n) is 12.2. The average molecular weight is 274 g/mol. The molecule has 0 amide bonds. The van der Waals surface area contributed by atoms with E-state index in [2.05, 4.69) is 6.19 Å². The fourth-order valence-electron chi connectivity index (χ4n) is 3.11. The van der Waals surface area contributed by atoms with Crippen LogP contribution in [0.3, 0.4) is 0 Å². The Labute approximate surface area is 120 Å². The van der Waals surface area contributed by atoms with Gasteiger partial charge in [-0.25, -0.2) is 0 Å². The van der Waals surface area contributed by atoms with Crippen LogP contribution >= 0.6 is 0 Å². The molecule has 2 unspecified atom stereocenters. The van der Waals surface area contributed by atoms with Crippen molar-refractivity contribution in [1.29, 1.82) is 5.26 Å². The van der Waals surface area contributed by atoms with E-state index in [4.69, 9.17) is 10.00 Å². The van der Waals surface area contributed by atoms with Crippen LogP contribution < -0.4 is 4.74 Å². The molecule has 4 nitrogen and oxygen atoms in total. The monoisotopic (exact) mass is 274 g/mol. The summed E-state index contributed by atoms with van der Waals surface area (Å²) >= 11 is 0. The standard InChI is InChI=1S/C16H22N2O2/c1-18(12-17)11-14-6-3-4-9-16(14,19)13-7-5-8-15(10-13)20-2/h5,7-8,10,14,19H,3-4,6,9,11H2,1-2H3. The minimum atomic E-state index is -0.863. The first-order valence-corrected chi connectivity index (χ1v) is 7.08. The molecule has 1 N–H and O–H groups in total. The van der Waals surface area contributed by atoms with Gasteiger partial charge in [0.05, 0.1) is 12.7 Å². The van der Waals surface area contributed by atoms with Crippen molar-refractivity contribution >= 4 is 0 Å². The van der Waals surface area contributed by atoms with Gasteiger partial charge in [0.1, 0.15) is 5.75 Å². The normalized spacial score (nSPS) is 25.8. The first-order chi connectivity index (χ1) is 9.60. The summed E-state index contributed by atoms with van der Waals surface area (Å²) in [6, 6.07) is 7.65. The van der Waals surface area contributed by atoms with Crippen molar-refractivity contribution < 1.29 is 9.84 Å².